The lowest BCUT2D eigenvalue weighted by Gasteiger charge is -2.36. The van der Waals surface area contributed by atoms with E-state index >= 15 is 0 Å². The quantitative estimate of drug-likeness (QED) is 0.584. The SMILES string of the molecule is CCCC[P+](CCCC)(C(N)CC)C(N)CC. The second kappa shape index (κ2) is 9.30. The Labute approximate surface area is 109 Å². The first-order valence-corrected chi connectivity index (χ1v) is 9.76. The van der Waals surface area contributed by atoms with E-state index in [0.29, 0.717) is 11.6 Å². The van der Waals surface area contributed by atoms with E-state index in [1.165, 1.54) is 38.0 Å². The molecule has 0 aromatic heterocycles. The van der Waals surface area contributed by atoms with Crippen LogP contribution in [0, 0.1) is 0 Å². The summed E-state index contributed by atoms with van der Waals surface area (Å²) < 4.78 is 0. The van der Waals surface area contributed by atoms with Crippen LogP contribution in [0.2, 0.25) is 0 Å². The molecule has 0 spiro atoms. The largest absolute Gasteiger partial charge is 0.297 e. The predicted molar refractivity (Wildman–Crippen MR) is 83.0 cm³/mol. The average Bonchev–Trinajstić information content (AvgIpc) is 2.37. The zero-order valence-electron chi connectivity index (χ0n) is 12.4. The van der Waals surface area contributed by atoms with Crippen LogP contribution in [0.3, 0.4) is 0 Å². The Morgan fingerprint density at radius 1 is 0.765 bits per heavy atom. The van der Waals surface area contributed by atoms with Gasteiger partial charge >= 0.3 is 0 Å². The van der Waals surface area contributed by atoms with Gasteiger partial charge in [0.05, 0.1) is 12.3 Å². The lowest BCUT2D eigenvalue weighted by molar-refractivity contribution is 0.742. The highest BCUT2D eigenvalue weighted by Gasteiger charge is 2.46. The molecule has 0 saturated carbocycles. The van der Waals surface area contributed by atoms with Crippen molar-refractivity contribution >= 4 is 7.26 Å². The van der Waals surface area contributed by atoms with Gasteiger partial charge in [0.15, 0.2) is 0 Å². The molecule has 0 aliphatic heterocycles. The highest BCUT2D eigenvalue weighted by atomic mass is 31.2. The highest BCUT2D eigenvalue weighted by Crippen LogP contribution is 2.66. The van der Waals surface area contributed by atoms with Crippen molar-refractivity contribution in [2.24, 2.45) is 11.5 Å². The maximum Gasteiger partial charge on any atom is 0.118 e. The van der Waals surface area contributed by atoms with Crippen LogP contribution in [-0.4, -0.2) is 23.9 Å². The molecule has 0 heterocycles. The molecule has 0 fully saturated rings. The van der Waals surface area contributed by atoms with Crippen LogP contribution in [-0.2, 0) is 0 Å². The molecule has 0 aliphatic rings. The smallest absolute Gasteiger partial charge is 0.118 e. The second-order valence-electron chi connectivity index (χ2n) is 5.21. The molecule has 0 aliphatic carbocycles. The van der Waals surface area contributed by atoms with Gasteiger partial charge in [-0.05, 0) is 25.7 Å². The molecule has 0 aromatic rings. The third-order valence-electron chi connectivity index (χ3n) is 4.01. The minimum atomic E-state index is -1.16. The molecular weight excluding hydrogens is 227 g/mol. The summed E-state index contributed by atoms with van der Waals surface area (Å²) in [4.78, 5) is 0. The molecule has 104 valence electrons. The monoisotopic (exact) mass is 261 g/mol. The van der Waals surface area contributed by atoms with Gasteiger partial charge in [0, 0.05) is 7.26 Å². The summed E-state index contributed by atoms with van der Waals surface area (Å²) in [5, 5.41) is 0. The van der Waals surface area contributed by atoms with Gasteiger partial charge in [-0.25, -0.2) is 0 Å². The minimum Gasteiger partial charge on any atom is -0.297 e. The maximum atomic E-state index is 6.48. The fraction of sp³-hybridized carbons (Fsp3) is 1.00. The second-order valence-corrected chi connectivity index (χ2v) is 9.64. The van der Waals surface area contributed by atoms with Gasteiger partial charge in [-0.1, -0.05) is 40.5 Å². The summed E-state index contributed by atoms with van der Waals surface area (Å²) in [5.74, 6) is 0.742. The van der Waals surface area contributed by atoms with Gasteiger partial charge < -0.3 is 0 Å². The van der Waals surface area contributed by atoms with Crippen molar-refractivity contribution in [3.8, 4) is 0 Å². The summed E-state index contributed by atoms with van der Waals surface area (Å²) in [7, 11) is -1.16. The lowest BCUT2D eigenvalue weighted by atomic mass is 10.4. The Hall–Kier alpha value is 0.350. The van der Waals surface area contributed by atoms with E-state index in [-0.39, 0.29) is 0 Å². The number of hydrogen-bond donors (Lipinski definition) is 2. The summed E-state index contributed by atoms with van der Waals surface area (Å²) in [5.41, 5.74) is 13.0. The summed E-state index contributed by atoms with van der Waals surface area (Å²) in [6.07, 6.45) is 9.95. The van der Waals surface area contributed by atoms with E-state index < -0.39 is 7.26 Å². The van der Waals surface area contributed by atoms with Crippen LogP contribution in [0.5, 0.6) is 0 Å². The van der Waals surface area contributed by atoms with Crippen LogP contribution in [0.4, 0.5) is 0 Å². The van der Waals surface area contributed by atoms with Gasteiger partial charge in [-0.15, -0.1) is 0 Å². The van der Waals surface area contributed by atoms with Crippen molar-refractivity contribution in [3.05, 3.63) is 0 Å². The van der Waals surface area contributed by atoms with Crippen LogP contribution >= 0.6 is 7.26 Å². The van der Waals surface area contributed by atoms with Crippen molar-refractivity contribution in [2.75, 3.05) is 12.3 Å². The Morgan fingerprint density at radius 2 is 1.12 bits per heavy atom. The van der Waals surface area contributed by atoms with Crippen LogP contribution in [0.1, 0.15) is 66.2 Å². The molecule has 3 heteroatoms. The van der Waals surface area contributed by atoms with Crippen molar-refractivity contribution in [2.45, 2.75) is 77.8 Å². The zero-order chi connectivity index (χ0) is 13.3. The Balaban J connectivity index is 4.90. The van der Waals surface area contributed by atoms with Crippen LogP contribution < -0.4 is 11.5 Å². The molecule has 2 nitrogen and oxygen atoms in total. The molecule has 4 N–H and O–H groups in total. The molecule has 2 unspecified atom stereocenters. The van der Waals surface area contributed by atoms with E-state index in [2.05, 4.69) is 27.7 Å². The summed E-state index contributed by atoms with van der Waals surface area (Å²) in [6.45, 7) is 8.98. The normalized spacial score (nSPS) is 15.9. The molecular formula is C14H34N2P+. The first-order chi connectivity index (χ1) is 8.08. The van der Waals surface area contributed by atoms with E-state index in [0.717, 1.165) is 12.8 Å². The topological polar surface area (TPSA) is 52.0 Å². The minimum absolute atomic E-state index is 0.371. The Morgan fingerprint density at radius 3 is 1.35 bits per heavy atom. The molecule has 0 saturated heterocycles. The summed E-state index contributed by atoms with van der Waals surface area (Å²) >= 11 is 0. The van der Waals surface area contributed by atoms with Crippen molar-refractivity contribution < 1.29 is 0 Å². The third-order valence-corrected chi connectivity index (χ3v) is 9.68. The maximum absolute atomic E-state index is 6.48. The van der Waals surface area contributed by atoms with Crippen molar-refractivity contribution in [3.63, 3.8) is 0 Å². The van der Waals surface area contributed by atoms with E-state index in [1.54, 1.807) is 0 Å². The van der Waals surface area contributed by atoms with Crippen molar-refractivity contribution in [1.82, 2.24) is 0 Å². The predicted octanol–water partition coefficient (Wildman–Crippen LogP) is 3.99. The van der Waals surface area contributed by atoms with Crippen LogP contribution in [0.25, 0.3) is 0 Å². The van der Waals surface area contributed by atoms with Gasteiger partial charge in [0.1, 0.15) is 11.6 Å². The van der Waals surface area contributed by atoms with Gasteiger partial charge in [0.25, 0.3) is 0 Å². The molecule has 0 aromatic carbocycles. The van der Waals surface area contributed by atoms with Crippen molar-refractivity contribution in [1.29, 1.82) is 0 Å². The molecule has 2 atom stereocenters. The van der Waals surface area contributed by atoms with Gasteiger partial charge in [-0.2, -0.15) is 0 Å². The number of rotatable bonds is 10. The Bertz CT molecular complexity index is 165. The Kier molecular flexibility index (Phi) is 9.49. The zero-order valence-corrected chi connectivity index (χ0v) is 13.3. The van der Waals surface area contributed by atoms with Gasteiger partial charge in [0.2, 0.25) is 0 Å². The first-order valence-electron chi connectivity index (χ1n) is 7.46. The highest BCUT2D eigenvalue weighted by molar-refractivity contribution is 7.77. The molecule has 0 rings (SSSR count). The third kappa shape index (κ3) is 4.85. The fourth-order valence-electron chi connectivity index (χ4n) is 2.65. The molecule has 0 amide bonds. The molecule has 17 heavy (non-hydrogen) atoms. The van der Waals surface area contributed by atoms with E-state index in [4.69, 9.17) is 11.5 Å². The first kappa shape index (κ1) is 17.4. The fourth-order valence-corrected chi connectivity index (χ4v) is 7.96. The number of nitrogens with two attached hydrogens (primary N) is 2. The van der Waals surface area contributed by atoms with Crippen LogP contribution in [0.15, 0.2) is 0 Å². The lowest BCUT2D eigenvalue weighted by Crippen LogP contribution is -2.38. The molecule has 0 radical (unpaired) electrons. The molecule has 0 bridgehead atoms. The van der Waals surface area contributed by atoms with Gasteiger partial charge in [-0.3, -0.25) is 11.5 Å². The number of unbranched alkanes of at least 4 members (excludes halogenated alkanes) is 2. The number of hydrogen-bond acceptors (Lipinski definition) is 2. The van der Waals surface area contributed by atoms with E-state index in [1.807, 2.05) is 0 Å². The van der Waals surface area contributed by atoms with E-state index in [9.17, 15) is 0 Å². The average molecular weight is 261 g/mol. The standard InChI is InChI=1S/C14H34N2P/c1-5-9-11-17(12-10-6-2,13(15)7-3)14(16)8-4/h13-14H,5-12,15-16H2,1-4H3/q+1. The summed E-state index contributed by atoms with van der Waals surface area (Å²) in [6, 6.07) is 0.